The van der Waals surface area contributed by atoms with E-state index in [2.05, 4.69) is 180 Å². The van der Waals surface area contributed by atoms with E-state index in [1.54, 1.807) is 0 Å². The van der Waals surface area contributed by atoms with E-state index in [0.29, 0.717) is 17.5 Å². The first-order valence-corrected chi connectivity index (χ1v) is 26.3. The SMILES string of the molecule is c1ccc(-c2nc(-c3cccc(-n4c5ccc(-c6cccc7c6oc6ccccc67)cc5c5cccc(-c6cccc(-c7cccc8c7sc7ccccc78)c6)c54)c3)nc(-c3ccc4c(c3)oc3ccccc34)n2)cc1. The Morgan fingerprint density at radius 3 is 1.70 bits per heavy atom. The number of rotatable bonds is 7. The molecule has 0 aliphatic carbocycles. The Balaban J connectivity index is 0.903. The fraction of sp³-hybridized carbons (Fsp3) is 0. The summed E-state index contributed by atoms with van der Waals surface area (Å²) in [4.78, 5) is 15.6. The van der Waals surface area contributed by atoms with Gasteiger partial charge in [-0.3, -0.25) is 0 Å². The molecule has 0 saturated carbocycles. The minimum Gasteiger partial charge on any atom is -0.456 e. The number of fused-ring (bicyclic) bond motifs is 12. The van der Waals surface area contributed by atoms with Crippen LogP contribution in [0.15, 0.2) is 251 Å². The van der Waals surface area contributed by atoms with E-state index in [1.165, 1.54) is 31.3 Å². The van der Waals surface area contributed by atoms with E-state index >= 15 is 0 Å². The van der Waals surface area contributed by atoms with Gasteiger partial charge in [-0.15, -0.1) is 11.3 Å². The molecule has 0 radical (unpaired) electrons. The fourth-order valence-electron chi connectivity index (χ4n) is 11.5. The molecule has 0 amide bonds. The standard InChI is InChI=1S/C69H40N4O2S/c1-2-15-41(16-3-1)67-70-68(72-69(71-67)46-33-35-53-51-21-4-7-30-60(51)74-62(53)40-46)45-19-11-20-47(38-45)73-59-36-34-44(49-25-13-28-56-52-22-5-8-31-61(52)75-65(49)56)39-58(59)55-27-12-24-48(64(55)73)42-17-10-18-43(37-42)50-26-14-29-57-54-23-6-9-32-63(54)76-66(50)57/h1-40H. The quantitative estimate of drug-likeness (QED) is 0.159. The Labute approximate surface area is 439 Å². The molecule has 0 saturated heterocycles. The van der Waals surface area contributed by atoms with Crippen LogP contribution in [0, 0.1) is 0 Å². The van der Waals surface area contributed by atoms with Crippen LogP contribution < -0.4 is 0 Å². The van der Waals surface area contributed by atoms with Crippen LogP contribution in [0.1, 0.15) is 0 Å². The zero-order valence-corrected chi connectivity index (χ0v) is 41.4. The monoisotopic (exact) mass is 988 g/mol. The number of hydrogen-bond donors (Lipinski definition) is 0. The van der Waals surface area contributed by atoms with Crippen LogP contribution >= 0.6 is 11.3 Å². The van der Waals surface area contributed by atoms with Crippen LogP contribution in [0.25, 0.3) is 159 Å². The maximum absolute atomic E-state index is 6.61. The summed E-state index contributed by atoms with van der Waals surface area (Å²) in [6, 6.07) is 85.9. The lowest BCUT2D eigenvalue weighted by Crippen LogP contribution is -2.01. The average molecular weight is 989 g/mol. The zero-order valence-electron chi connectivity index (χ0n) is 40.6. The van der Waals surface area contributed by atoms with Crippen molar-refractivity contribution in [1.82, 2.24) is 19.5 Å². The Morgan fingerprint density at radius 2 is 0.868 bits per heavy atom. The van der Waals surface area contributed by atoms with Gasteiger partial charge in [0.15, 0.2) is 17.5 Å². The summed E-state index contributed by atoms with van der Waals surface area (Å²) in [5.41, 5.74) is 16.0. The predicted molar refractivity (Wildman–Crippen MR) is 314 cm³/mol. The van der Waals surface area contributed by atoms with E-state index in [0.717, 1.165) is 110 Å². The van der Waals surface area contributed by atoms with Gasteiger partial charge in [-0.05, 0) is 82.9 Å². The van der Waals surface area contributed by atoms with Crippen molar-refractivity contribution in [3.8, 4) is 73.2 Å². The summed E-state index contributed by atoms with van der Waals surface area (Å²) < 4.78 is 18.0. The van der Waals surface area contributed by atoms with Crippen molar-refractivity contribution in [3.63, 3.8) is 0 Å². The van der Waals surface area contributed by atoms with Crippen molar-refractivity contribution in [2.75, 3.05) is 0 Å². The second-order valence-electron chi connectivity index (χ2n) is 19.4. The van der Waals surface area contributed by atoms with Crippen molar-refractivity contribution in [2.45, 2.75) is 0 Å². The lowest BCUT2D eigenvalue weighted by molar-refractivity contribution is 0.669. The van der Waals surface area contributed by atoms with Crippen molar-refractivity contribution >= 4 is 97.2 Å². The smallest absolute Gasteiger partial charge is 0.164 e. The normalized spacial score (nSPS) is 11.9. The summed E-state index contributed by atoms with van der Waals surface area (Å²) >= 11 is 1.86. The molecule has 7 heteroatoms. The molecule has 0 unspecified atom stereocenters. The van der Waals surface area contributed by atoms with Crippen LogP contribution in [0.2, 0.25) is 0 Å². The number of nitrogens with zero attached hydrogens (tertiary/aromatic N) is 4. The van der Waals surface area contributed by atoms with E-state index in [9.17, 15) is 0 Å². The maximum Gasteiger partial charge on any atom is 0.164 e. The van der Waals surface area contributed by atoms with Gasteiger partial charge in [-0.1, -0.05) is 182 Å². The second kappa shape index (κ2) is 16.8. The Kier molecular flexibility index (Phi) is 9.40. The summed E-state index contributed by atoms with van der Waals surface area (Å²) in [7, 11) is 0. The zero-order chi connectivity index (χ0) is 49.8. The van der Waals surface area contributed by atoms with Crippen molar-refractivity contribution in [2.24, 2.45) is 0 Å². The molecule has 16 rings (SSSR count). The first-order chi connectivity index (χ1) is 37.6. The molecule has 0 aliphatic heterocycles. The van der Waals surface area contributed by atoms with Crippen LogP contribution in [0.5, 0.6) is 0 Å². The first kappa shape index (κ1) is 42.5. The molecule has 11 aromatic carbocycles. The maximum atomic E-state index is 6.61. The number of benzene rings is 11. The van der Waals surface area contributed by atoms with Crippen LogP contribution in [0.4, 0.5) is 0 Å². The molecule has 0 spiro atoms. The molecular weight excluding hydrogens is 949 g/mol. The molecule has 16 aromatic rings. The molecule has 0 N–H and O–H groups in total. The largest absolute Gasteiger partial charge is 0.456 e. The second-order valence-corrected chi connectivity index (χ2v) is 20.5. The molecule has 0 aliphatic rings. The average Bonchev–Trinajstić information content (AvgIpc) is 4.33. The lowest BCUT2D eigenvalue weighted by atomic mass is 9.96. The topological polar surface area (TPSA) is 69.9 Å². The molecular formula is C69H40N4O2S. The fourth-order valence-corrected chi connectivity index (χ4v) is 12.8. The third-order valence-electron chi connectivity index (χ3n) is 15.1. The van der Waals surface area contributed by atoms with Gasteiger partial charge in [-0.2, -0.15) is 0 Å². The van der Waals surface area contributed by atoms with Crippen LogP contribution in [0.3, 0.4) is 0 Å². The Bertz CT molecular complexity index is 5020. The molecule has 354 valence electrons. The third kappa shape index (κ3) is 6.69. The highest BCUT2D eigenvalue weighted by atomic mass is 32.1. The molecule has 5 aromatic heterocycles. The number of thiophene rings is 1. The summed E-state index contributed by atoms with van der Waals surface area (Å²) in [6.45, 7) is 0. The van der Waals surface area contributed by atoms with E-state index in [4.69, 9.17) is 23.8 Å². The Morgan fingerprint density at radius 1 is 0.316 bits per heavy atom. The van der Waals surface area contributed by atoms with E-state index in [-0.39, 0.29) is 0 Å². The number of para-hydroxylation sites is 4. The molecule has 5 heterocycles. The van der Waals surface area contributed by atoms with Gasteiger partial charge in [0.25, 0.3) is 0 Å². The van der Waals surface area contributed by atoms with Crippen LogP contribution in [-0.4, -0.2) is 19.5 Å². The van der Waals surface area contributed by atoms with E-state index < -0.39 is 0 Å². The summed E-state index contributed by atoms with van der Waals surface area (Å²) in [5.74, 6) is 1.72. The molecule has 0 fully saturated rings. The number of furan rings is 2. The van der Waals surface area contributed by atoms with Crippen LogP contribution in [-0.2, 0) is 0 Å². The molecule has 0 bridgehead atoms. The molecule has 0 atom stereocenters. The van der Waals surface area contributed by atoms with E-state index in [1.807, 2.05) is 78.1 Å². The first-order valence-electron chi connectivity index (χ1n) is 25.5. The van der Waals surface area contributed by atoms with Crippen molar-refractivity contribution in [1.29, 1.82) is 0 Å². The highest BCUT2D eigenvalue weighted by molar-refractivity contribution is 7.26. The van der Waals surface area contributed by atoms with Gasteiger partial charge in [-0.25, -0.2) is 15.0 Å². The third-order valence-corrected chi connectivity index (χ3v) is 16.3. The predicted octanol–water partition coefficient (Wildman–Crippen LogP) is 19.1. The van der Waals surface area contributed by atoms with Gasteiger partial charge >= 0.3 is 0 Å². The van der Waals surface area contributed by atoms with Gasteiger partial charge < -0.3 is 13.4 Å². The van der Waals surface area contributed by atoms with Gasteiger partial charge in [0.05, 0.1) is 11.0 Å². The summed E-state index contributed by atoms with van der Waals surface area (Å²) in [6.07, 6.45) is 0. The van der Waals surface area contributed by atoms with Gasteiger partial charge in [0.1, 0.15) is 22.3 Å². The van der Waals surface area contributed by atoms with Gasteiger partial charge in [0.2, 0.25) is 0 Å². The number of aromatic nitrogens is 4. The minimum absolute atomic E-state index is 0.564. The molecule has 76 heavy (non-hydrogen) atoms. The number of hydrogen-bond acceptors (Lipinski definition) is 6. The highest BCUT2D eigenvalue weighted by Crippen LogP contribution is 2.45. The highest BCUT2D eigenvalue weighted by Gasteiger charge is 2.22. The molecule has 6 nitrogen and oxygen atoms in total. The van der Waals surface area contributed by atoms with Crippen molar-refractivity contribution < 1.29 is 8.83 Å². The minimum atomic E-state index is 0.564. The Hall–Kier alpha value is -9.95. The lowest BCUT2D eigenvalue weighted by Gasteiger charge is -2.14. The van der Waals surface area contributed by atoms with Crippen molar-refractivity contribution in [3.05, 3.63) is 243 Å². The van der Waals surface area contributed by atoms with Gasteiger partial charge in [0, 0.05) is 86.0 Å². The summed E-state index contributed by atoms with van der Waals surface area (Å²) in [5, 5.41) is 9.20.